The van der Waals surface area contributed by atoms with Crippen LogP contribution in [0, 0.1) is 0 Å². The minimum Gasteiger partial charge on any atom is -0.448 e. The fourth-order valence-corrected chi connectivity index (χ4v) is 1.84. The van der Waals surface area contributed by atoms with Crippen molar-refractivity contribution in [2.45, 2.75) is 6.04 Å². The van der Waals surface area contributed by atoms with E-state index in [0.29, 0.717) is 12.7 Å². The first-order valence-electron chi connectivity index (χ1n) is 5.90. The minimum atomic E-state index is 0.0323. The van der Waals surface area contributed by atoms with E-state index < -0.39 is 0 Å². The summed E-state index contributed by atoms with van der Waals surface area (Å²) in [6.45, 7) is 0.534. The van der Waals surface area contributed by atoms with Gasteiger partial charge in [0.15, 0.2) is 0 Å². The van der Waals surface area contributed by atoms with Gasteiger partial charge in [0.25, 0.3) is 0 Å². The zero-order chi connectivity index (χ0) is 12.2. The smallest absolute Gasteiger partial charge is 0.389 e. The van der Waals surface area contributed by atoms with Crippen molar-refractivity contribution in [2.75, 3.05) is 6.61 Å². The molecule has 2 aromatic rings. The molecule has 0 aliphatic carbocycles. The Kier molecular flexibility index (Phi) is 2.96. The number of ether oxygens (including phenoxy) is 2. The summed E-state index contributed by atoms with van der Waals surface area (Å²) in [5, 5.41) is 0. The molecular weight excluding hydrogens is 226 g/mol. The maximum absolute atomic E-state index is 5.55. The second-order valence-corrected chi connectivity index (χ2v) is 4.05. The van der Waals surface area contributed by atoms with Crippen molar-refractivity contribution in [3.63, 3.8) is 0 Å². The molecule has 90 valence electrons. The molecule has 0 radical (unpaired) electrons. The van der Waals surface area contributed by atoms with E-state index in [-0.39, 0.29) is 6.04 Å². The van der Waals surface area contributed by atoms with Gasteiger partial charge >= 0.3 is 6.08 Å². The summed E-state index contributed by atoms with van der Waals surface area (Å²) in [7, 11) is 0. The number of benzene rings is 2. The van der Waals surface area contributed by atoms with Gasteiger partial charge in [-0.15, -0.1) is 0 Å². The van der Waals surface area contributed by atoms with Crippen LogP contribution in [0.3, 0.4) is 0 Å². The molecule has 1 aliphatic rings. The predicted molar refractivity (Wildman–Crippen MR) is 69.6 cm³/mol. The molecule has 0 fully saturated rings. The van der Waals surface area contributed by atoms with E-state index in [4.69, 9.17) is 9.47 Å². The van der Waals surface area contributed by atoms with Gasteiger partial charge in [0.2, 0.25) is 0 Å². The zero-order valence-electron chi connectivity index (χ0n) is 9.82. The van der Waals surface area contributed by atoms with Gasteiger partial charge in [0.05, 0.1) is 0 Å². The maximum atomic E-state index is 5.55. The van der Waals surface area contributed by atoms with Crippen LogP contribution in [0.2, 0.25) is 0 Å². The molecule has 2 aromatic carbocycles. The fourth-order valence-electron chi connectivity index (χ4n) is 1.84. The molecule has 0 saturated heterocycles. The third-order valence-electron chi connectivity index (χ3n) is 2.76. The number of nitrogens with zero attached hydrogens (tertiary/aromatic N) is 1. The summed E-state index contributed by atoms with van der Waals surface area (Å²) < 4.78 is 11.0. The van der Waals surface area contributed by atoms with Crippen molar-refractivity contribution in [2.24, 2.45) is 4.99 Å². The lowest BCUT2D eigenvalue weighted by Gasteiger charge is -2.03. The number of hydrogen-bond acceptors (Lipinski definition) is 3. The van der Waals surface area contributed by atoms with Crippen molar-refractivity contribution in [3.05, 3.63) is 66.2 Å². The van der Waals surface area contributed by atoms with E-state index >= 15 is 0 Å². The van der Waals surface area contributed by atoms with E-state index in [1.807, 2.05) is 60.7 Å². The zero-order valence-corrected chi connectivity index (χ0v) is 9.82. The lowest BCUT2D eigenvalue weighted by molar-refractivity contribution is 0.259. The molecule has 3 rings (SSSR count). The first-order valence-corrected chi connectivity index (χ1v) is 5.90. The van der Waals surface area contributed by atoms with Crippen LogP contribution in [0.15, 0.2) is 65.7 Å². The summed E-state index contributed by atoms with van der Waals surface area (Å²) in [5.74, 6) is 0.741. The molecular formula is C15H13NO2. The maximum Gasteiger partial charge on any atom is 0.389 e. The third-order valence-corrected chi connectivity index (χ3v) is 2.76. The van der Waals surface area contributed by atoms with E-state index in [1.54, 1.807) is 0 Å². The Labute approximate surface area is 106 Å². The van der Waals surface area contributed by atoms with Crippen LogP contribution in [-0.4, -0.2) is 12.7 Å². The van der Waals surface area contributed by atoms with Crippen molar-refractivity contribution in [3.8, 4) is 5.75 Å². The van der Waals surface area contributed by atoms with Crippen LogP contribution in [0.4, 0.5) is 0 Å². The summed E-state index contributed by atoms with van der Waals surface area (Å²) in [4.78, 5) is 4.43. The summed E-state index contributed by atoms with van der Waals surface area (Å²) >= 11 is 0. The average molecular weight is 239 g/mol. The Morgan fingerprint density at radius 3 is 2.33 bits per heavy atom. The second kappa shape index (κ2) is 4.92. The van der Waals surface area contributed by atoms with E-state index in [2.05, 4.69) is 4.99 Å². The van der Waals surface area contributed by atoms with Crippen molar-refractivity contribution in [1.82, 2.24) is 0 Å². The summed E-state index contributed by atoms with van der Waals surface area (Å²) in [5.41, 5.74) is 1.14. The second-order valence-electron chi connectivity index (χ2n) is 4.05. The fraction of sp³-hybridized carbons (Fsp3) is 0.133. The number of rotatable bonds is 2. The quantitative estimate of drug-likeness (QED) is 0.805. The highest BCUT2D eigenvalue weighted by molar-refractivity contribution is 5.72. The van der Waals surface area contributed by atoms with Crippen LogP contribution in [-0.2, 0) is 4.74 Å². The van der Waals surface area contributed by atoms with Crippen LogP contribution >= 0.6 is 0 Å². The monoisotopic (exact) mass is 239 g/mol. The number of aliphatic imine (C=N–C) groups is 1. The highest BCUT2D eigenvalue weighted by atomic mass is 16.7. The Morgan fingerprint density at radius 2 is 1.61 bits per heavy atom. The molecule has 3 heteroatoms. The molecule has 1 unspecified atom stereocenters. The molecule has 0 amide bonds. The van der Waals surface area contributed by atoms with Crippen molar-refractivity contribution >= 4 is 6.08 Å². The normalized spacial score (nSPS) is 18.0. The molecule has 1 heterocycles. The Hall–Kier alpha value is -2.29. The van der Waals surface area contributed by atoms with Gasteiger partial charge in [-0.1, -0.05) is 48.5 Å². The van der Waals surface area contributed by atoms with Crippen LogP contribution < -0.4 is 4.74 Å². The molecule has 0 aromatic heterocycles. The molecule has 3 nitrogen and oxygen atoms in total. The largest absolute Gasteiger partial charge is 0.448 e. The SMILES string of the molecule is c1ccc(OC2=NC(c3ccccc3)CO2)cc1. The van der Waals surface area contributed by atoms with Gasteiger partial charge in [-0.05, 0) is 17.7 Å². The topological polar surface area (TPSA) is 30.8 Å². The standard InChI is InChI=1S/C15H13NO2/c1-3-7-12(8-4-1)14-11-17-15(16-14)18-13-9-5-2-6-10-13/h1-10,14H,11H2. The van der Waals surface area contributed by atoms with Gasteiger partial charge in [-0.25, -0.2) is 4.99 Å². The van der Waals surface area contributed by atoms with Crippen LogP contribution in [0.25, 0.3) is 0 Å². The Bertz CT molecular complexity index is 537. The van der Waals surface area contributed by atoms with Gasteiger partial charge < -0.3 is 9.47 Å². The van der Waals surface area contributed by atoms with Crippen LogP contribution in [0.1, 0.15) is 11.6 Å². The average Bonchev–Trinajstić information content (AvgIpc) is 2.89. The molecule has 1 atom stereocenters. The molecule has 1 aliphatic heterocycles. The minimum absolute atomic E-state index is 0.0323. The summed E-state index contributed by atoms with van der Waals surface area (Å²) in [6, 6.07) is 19.6. The van der Waals surface area contributed by atoms with Gasteiger partial charge in [0, 0.05) is 0 Å². The highest BCUT2D eigenvalue weighted by Crippen LogP contribution is 2.23. The molecule has 0 spiro atoms. The molecule has 0 bridgehead atoms. The molecule has 18 heavy (non-hydrogen) atoms. The molecule has 0 N–H and O–H groups in total. The van der Waals surface area contributed by atoms with Gasteiger partial charge in [-0.2, -0.15) is 0 Å². The Balaban J connectivity index is 1.73. The van der Waals surface area contributed by atoms with E-state index in [0.717, 1.165) is 11.3 Å². The first-order chi connectivity index (χ1) is 8.92. The van der Waals surface area contributed by atoms with E-state index in [1.165, 1.54) is 0 Å². The van der Waals surface area contributed by atoms with Crippen LogP contribution in [0.5, 0.6) is 5.75 Å². The lowest BCUT2D eigenvalue weighted by atomic mass is 10.1. The van der Waals surface area contributed by atoms with Gasteiger partial charge in [0.1, 0.15) is 18.4 Å². The highest BCUT2D eigenvalue weighted by Gasteiger charge is 2.21. The number of para-hydroxylation sites is 1. The predicted octanol–water partition coefficient (Wildman–Crippen LogP) is 3.19. The molecule has 0 saturated carbocycles. The van der Waals surface area contributed by atoms with Crippen molar-refractivity contribution in [1.29, 1.82) is 0 Å². The summed E-state index contributed by atoms with van der Waals surface area (Å²) in [6.07, 6.45) is 0.343. The van der Waals surface area contributed by atoms with Crippen molar-refractivity contribution < 1.29 is 9.47 Å². The van der Waals surface area contributed by atoms with E-state index in [9.17, 15) is 0 Å². The van der Waals surface area contributed by atoms with Gasteiger partial charge in [-0.3, -0.25) is 0 Å². The lowest BCUT2D eigenvalue weighted by Crippen LogP contribution is -2.07. The first kappa shape index (κ1) is 10.8. The third kappa shape index (κ3) is 2.35. The number of hydrogen-bond donors (Lipinski definition) is 0. The Morgan fingerprint density at radius 1 is 0.944 bits per heavy atom.